The molecule has 116 valence electrons. The third kappa shape index (κ3) is 2.77. The van der Waals surface area contributed by atoms with E-state index in [-0.39, 0.29) is 5.82 Å². The second-order valence-electron chi connectivity index (χ2n) is 5.41. The van der Waals surface area contributed by atoms with Crippen molar-refractivity contribution in [3.63, 3.8) is 0 Å². The van der Waals surface area contributed by atoms with Crippen LogP contribution in [0.15, 0.2) is 46.5 Å². The maximum atomic E-state index is 14.4. The quantitative estimate of drug-likeness (QED) is 0.637. The number of anilines is 1. The standard InChI is InChI=1S/C17H13BrFN3S/c18-13-4-3-11-5-6-22(10-12(11)17(13)19)16-9-20-8-14(21-16)15-2-1-7-23-15/h1-4,7-9H,5-6,10H2. The van der Waals surface area contributed by atoms with E-state index >= 15 is 0 Å². The van der Waals surface area contributed by atoms with Crippen LogP contribution in [0.5, 0.6) is 0 Å². The Kier molecular flexibility index (Phi) is 3.87. The van der Waals surface area contributed by atoms with E-state index in [1.807, 2.05) is 23.6 Å². The highest BCUT2D eigenvalue weighted by atomic mass is 79.9. The van der Waals surface area contributed by atoms with E-state index in [1.54, 1.807) is 29.8 Å². The predicted molar refractivity (Wildman–Crippen MR) is 94.2 cm³/mol. The maximum absolute atomic E-state index is 14.4. The van der Waals surface area contributed by atoms with Crippen LogP contribution in [0.1, 0.15) is 11.1 Å². The molecule has 3 heterocycles. The molecule has 1 aliphatic heterocycles. The van der Waals surface area contributed by atoms with Crippen molar-refractivity contribution in [3.8, 4) is 10.6 Å². The molecule has 1 aromatic carbocycles. The highest BCUT2D eigenvalue weighted by molar-refractivity contribution is 9.10. The lowest BCUT2D eigenvalue weighted by Gasteiger charge is -2.30. The van der Waals surface area contributed by atoms with Crippen molar-refractivity contribution in [2.75, 3.05) is 11.4 Å². The Morgan fingerprint density at radius 3 is 2.96 bits per heavy atom. The summed E-state index contributed by atoms with van der Waals surface area (Å²) in [5, 5.41) is 2.02. The smallest absolute Gasteiger partial charge is 0.148 e. The Morgan fingerprint density at radius 2 is 2.13 bits per heavy atom. The van der Waals surface area contributed by atoms with Crippen molar-refractivity contribution >= 4 is 33.1 Å². The molecule has 0 amide bonds. The molecule has 3 aromatic rings. The summed E-state index contributed by atoms with van der Waals surface area (Å²) in [5.41, 5.74) is 2.68. The average molecular weight is 390 g/mol. The molecule has 0 bridgehead atoms. The zero-order valence-corrected chi connectivity index (χ0v) is 14.6. The van der Waals surface area contributed by atoms with Crippen LogP contribution in [0.25, 0.3) is 10.6 Å². The minimum atomic E-state index is -0.172. The molecule has 0 spiro atoms. The number of fused-ring (bicyclic) bond motifs is 1. The highest BCUT2D eigenvalue weighted by Crippen LogP contribution is 2.30. The Bertz CT molecular complexity index is 851. The fourth-order valence-electron chi connectivity index (χ4n) is 2.81. The summed E-state index contributed by atoms with van der Waals surface area (Å²) in [4.78, 5) is 12.2. The van der Waals surface area contributed by atoms with Gasteiger partial charge in [-0.2, -0.15) is 0 Å². The number of aromatic nitrogens is 2. The van der Waals surface area contributed by atoms with Gasteiger partial charge in [0.2, 0.25) is 0 Å². The van der Waals surface area contributed by atoms with Gasteiger partial charge in [-0.3, -0.25) is 4.98 Å². The minimum Gasteiger partial charge on any atom is -0.351 e. The lowest BCUT2D eigenvalue weighted by Crippen LogP contribution is -2.32. The summed E-state index contributed by atoms with van der Waals surface area (Å²) in [6, 6.07) is 7.80. The zero-order chi connectivity index (χ0) is 15.8. The van der Waals surface area contributed by atoms with Crippen LogP contribution in [0.2, 0.25) is 0 Å². The van der Waals surface area contributed by atoms with Crippen molar-refractivity contribution in [2.24, 2.45) is 0 Å². The van der Waals surface area contributed by atoms with E-state index in [0.717, 1.165) is 40.5 Å². The third-order valence-corrected chi connectivity index (χ3v) is 5.52. The van der Waals surface area contributed by atoms with Crippen LogP contribution in [-0.4, -0.2) is 16.5 Å². The molecule has 0 N–H and O–H groups in total. The summed E-state index contributed by atoms with van der Waals surface area (Å²) < 4.78 is 14.9. The largest absolute Gasteiger partial charge is 0.351 e. The highest BCUT2D eigenvalue weighted by Gasteiger charge is 2.22. The van der Waals surface area contributed by atoms with Gasteiger partial charge in [-0.05, 0) is 45.4 Å². The van der Waals surface area contributed by atoms with E-state index in [0.29, 0.717) is 11.0 Å². The van der Waals surface area contributed by atoms with Gasteiger partial charge in [-0.1, -0.05) is 12.1 Å². The molecule has 0 unspecified atom stereocenters. The monoisotopic (exact) mass is 389 g/mol. The molecule has 0 fully saturated rings. The van der Waals surface area contributed by atoms with Gasteiger partial charge in [0.1, 0.15) is 17.3 Å². The van der Waals surface area contributed by atoms with Crippen molar-refractivity contribution in [3.05, 3.63) is 63.5 Å². The van der Waals surface area contributed by atoms with Crippen LogP contribution >= 0.6 is 27.3 Å². The van der Waals surface area contributed by atoms with E-state index in [9.17, 15) is 4.39 Å². The van der Waals surface area contributed by atoms with Crippen LogP contribution < -0.4 is 4.90 Å². The SMILES string of the molecule is Fc1c(Br)ccc2c1CN(c1cncc(-c3cccs3)n1)CC2. The van der Waals surface area contributed by atoms with Crippen molar-refractivity contribution in [1.82, 2.24) is 9.97 Å². The lowest BCUT2D eigenvalue weighted by atomic mass is 9.99. The summed E-state index contributed by atoms with van der Waals surface area (Å²) in [6.45, 7) is 1.33. The van der Waals surface area contributed by atoms with Crippen molar-refractivity contribution in [1.29, 1.82) is 0 Å². The number of nitrogens with zero attached hydrogens (tertiary/aromatic N) is 3. The van der Waals surface area contributed by atoms with E-state index in [2.05, 4.69) is 25.8 Å². The van der Waals surface area contributed by atoms with Crippen LogP contribution in [0.3, 0.4) is 0 Å². The molecular formula is C17H13BrFN3S. The summed E-state index contributed by atoms with van der Waals surface area (Å²) >= 11 is 4.91. The summed E-state index contributed by atoms with van der Waals surface area (Å²) in [7, 11) is 0. The van der Waals surface area contributed by atoms with Gasteiger partial charge in [0.15, 0.2) is 0 Å². The predicted octanol–water partition coefficient (Wildman–Crippen LogP) is 4.67. The van der Waals surface area contributed by atoms with E-state index in [1.165, 1.54) is 0 Å². The Labute approximate surface area is 146 Å². The second-order valence-corrected chi connectivity index (χ2v) is 7.21. The molecule has 0 saturated heterocycles. The van der Waals surface area contributed by atoms with Crippen molar-refractivity contribution < 1.29 is 4.39 Å². The summed E-state index contributed by atoms with van der Waals surface area (Å²) in [6.07, 6.45) is 4.33. The first-order valence-corrected chi connectivity index (χ1v) is 8.96. The Hall–Kier alpha value is -1.79. The molecule has 4 rings (SSSR count). The molecule has 0 radical (unpaired) electrons. The van der Waals surface area contributed by atoms with Crippen LogP contribution in [0, 0.1) is 5.82 Å². The van der Waals surface area contributed by atoms with Gasteiger partial charge >= 0.3 is 0 Å². The van der Waals surface area contributed by atoms with Crippen molar-refractivity contribution in [2.45, 2.75) is 13.0 Å². The number of thiophene rings is 1. The van der Waals surface area contributed by atoms with E-state index in [4.69, 9.17) is 4.98 Å². The van der Waals surface area contributed by atoms with Gasteiger partial charge < -0.3 is 4.90 Å². The molecule has 1 aliphatic rings. The molecule has 6 heteroatoms. The van der Waals surface area contributed by atoms with Gasteiger partial charge in [0.25, 0.3) is 0 Å². The molecule has 3 nitrogen and oxygen atoms in total. The number of hydrogen-bond donors (Lipinski definition) is 0. The van der Waals surface area contributed by atoms with Crippen LogP contribution in [0.4, 0.5) is 10.2 Å². The number of halogens is 2. The Morgan fingerprint density at radius 1 is 1.22 bits per heavy atom. The normalized spacial score (nSPS) is 13.9. The fraction of sp³-hybridized carbons (Fsp3) is 0.176. The molecular weight excluding hydrogens is 377 g/mol. The Balaban J connectivity index is 1.67. The molecule has 23 heavy (non-hydrogen) atoms. The zero-order valence-electron chi connectivity index (χ0n) is 12.2. The number of hydrogen-bond acceptors (Lipinski definition) is 4. The average Bonchev–Trinajstić information content (AvgIpc) is 3.13. The van der Waals surface area contributed by atoms with E-state index < -0.39 is 0 Å². The van der Waals surface area contributed by atoms with Gasteiger partial charge in [-0.25, -0.2) is 9.37 Å². The van der Waals surface area contributed by atoms with Gasteiger partial charge in [-0.15, -0.1) is 11.3 Å². The minimum absolute atomic E-state index is 0.172. The first-order valence-electron chi connectivity index (χ1n) is 7.29. The molecule has 0 atom stereocenters. The molecule has 2 aromatic heterocycles. The second kappa shape index (κ2) is 6.02. The van der Waals surface area contributed by atoms with Gasteiger partial charge in [0.05, 0.1) is 21.7 Å². The first-order chi connectivity index (χ1) is 11.2. The number of benzene rings is 1. The molecule has 0 aliphatic carbocycles. The third-order valence-electron chi connectivity index (χ3n) is 4.01. The lowest BCUT2D eigenvalue weighted by molar-refractivity contribution is 0.581. The van der Waals surface area contributed by atoms with Crippen LogP contribution in [-0.2, 0) is 13.0 Å². The topological polar surface area (TPSA) is 29.0 Å². The first kappa shape index (κ1) is 14.8. The maximum Gasteiger partial charge on any atom is 0.148 e. The summed E-state index contributed by atoms with van der Waals surface area (Å²) in [5.74, 6) is 0.621. The number of rotatable bonds is 2. The molecule has 0 saturated carbocycles. The van der Waals surface area contributed by atoms with Gasteiger partial charge in [0, 0.05) is 18.7 Å². The fourth-order valence-corrected chi connectivity index (χ4v) is 3.86.